The topological polar surface area (TPSA) is 90.2 Å². The number of hydrogen-bond donors (Lipinski definition) is 0. The minimum absolute atomic E-state index is 0.577. The minimum atomic E-state index is 0.577. The van der Waals surface area contributed by atoms with Gasteiger partial charge >= 0.3 is 0 Å². The van der Waals surface area contributed by atoms with Gasteiger partial charge in [0.1, 0.15) is 0 Å². The molecule has 0 saturated heterocycles. The molecule has 9 aromatic rings. The third-order valence-corrected chi connectivity index (χ3v) is 9.06. The molecular weight excluding hydrogens is 663 g/mol. The molecular formula is C47H31N7. The molecule has 0 aliphatic carbocycles. The third-order valence-electron chi connectivity index (χ3n) is 9.06. The number of benzene rings is 6. The number of aromatic nitrogens is 7. The number of nitrogens with zero attached hydrogens (tertiary/aromatic N) is 7. The Bertz CT molecular complexity index is 2570. The van der Waals surface area contributed by atoms with Crippen molar-refractivity contribution in [2.24, 2.45) is 0 Å². The molecule has 7 nitrogen and oxygen atoms in total. The molecule has 6 aromatic carbocycles. The quantitative estimate of drug-likeness (QED) is 0.156. The molecule has 7 heteroatoms. The Morgan fingerprint density at radius 3 is 0.926 bits per heavy atom. The van der Waals surface area contributed by atoms with Crippen LogP contribution in [0.25, 0.3) is 90.6 Å². The molecule has 54 heavy (non-hydrogen) atoms. The first-order valence-electron chi connectivity index (χ1n) is 17.6. The van der Waals surface area contributed by atoms with Gasteiger partial charge in [-0.25, -0.2) is 29.9 Å². The molecule has 0 fully saturated rings. The molecule has 0 spiro atoms. The predicted octanol–water partition coefficient (Wildman–Crippen LogP) is 10.8. The van der Waals surface area contributed by atoms with Crippen LogP contribution in [0.1, 0.15) is 0 Å². The molecule has 0 atom stereocenters. The van der Waals surface area contributed by atoms with Gasteiger partial charge in [-0.2, -0.15) is 0 Å². The lowest BCUT2D eigenvalue weighted by Crippen LogP contribution is -2.01. The Balaban J connectivity index is 1.20. The van der Waals surface area contributed by atoms with Gasteiger partial charge in [-0.15, -0.1) is 0 Å². The lowest BCUT2D eigenvalue weighted by molar-refractivity contribution is 1.07. The van der Waals surface area contributed by atoms with Crippen molar-refractivity contribution in [3.63, 3.8) is 0 Å². The van der Waals surface area contributed by atoms with E-state index < -0.39 is 0 Å². The first-order valence-corrected chi connectivity index (χ1v) is 17.6. The van der Waals surface area contributed by atoms with Crippen LogP contribution >= 0.6 is 0 Å². The van der Waals surface area contributed by atoms with Crippen LogP contribution in [0.2, 0.25) is 0 Å². The highest BCUT2D eigenvalue weighted by atomic mass is 15.0. The van der Waals surface area contributed by atoms with Crippen LogP contribution in [-0.4, -0.2) is 34.9 Å². The molecule has 0 unspecified atom stereocenters. The number of hydrogen-bond acceptors (Lipinski definition) is 7. The molecule has 0 N–H and O–H groups in total. The highest BCUT2D eigenvalue weighted by Crippen LogP contribution is 2.35. The van der Waals surface area contributed by atoms with Crippen LogP contribution in [0.5, 0.6) is 0 Å². The summed E-state index contributed by atoms with van der Waals surface area (Å²) in [6.45, 7) is 0. The summed E-state index contributed by atoms with van der Waals surface area (Å²) in [6, 6.07) is 58.9. The largest absolute Gasteiger partial charge is 0.265 e. The van der Waals surface area contributed by atoms with Crippen molar-refractivity contribution in [3.8, 4) is 90.6 Å². The van der Waals surface area contributed by atoms with Crippen molar-refractivity contribution in [2.45, 2.75) is 0 Å². The zero-order chi connectivity index (χ0) is 36.1. The lowest BCUT2D eigenvalue weighted by Gasteiger charge is -2.13. The third kappa shape index (κ3) is 6.89. The van der Waals surface area contributed by atoms with Crippen molar-refractivity contribution in [2.75, 3.05) is 0 Å². The van der Waals surface area contributed by atoms with E-state index in [-0.39, 0.29) is 0 Å². The summed E-state index contributed by atoms with van der Waals surface area (Å²) in [5.41, 5.74) is 9.43. The van der Waals surface area contributed by atoms with Crippen LogP contribution in [0.3, 0.4) is 0 Å². The van der Waals surface area contributed by atoms with Gasteiger partial charge in [0.05, 0.1) is 0 Å². The predicted molar refractivity (Wildman–Crippen MR) is 214 cm³/mol. The molecule has 0 saturated carbocycles. The van der Waals surface area contributed by atoms with Crippen molar-refractivity contribution in [1.29, 1.82) is 0 Å². The van der Waals surface area contributed by atoms with Crippen molar-refractivity contribution in [1.82, 2.24) is 34.9 Å². The summed E-state index contributed by atoms with van der Waals surface area (Å²) in [7, 11) is 0. The summed E-state index contributed by atoms with van der Waals surface area (Å²) in [5, 5.41) is 0. The Kier molecular flexibility index (Phi) is 8.77. The van der Waals surface area contributed by atoms with Crippen molar-refractivity contribution >= 4 is 0 Å². The van der Waals surface area contributed by atoms with Crippen LogP contribution < -0.4 is 0 Å². The van der Waals surface area contributed by atoms with E-state index in [4.69, 9.17) is 29.9 Å². The standard InChI is InChI=1S/C47H31N7/c1-5-14-33(15-6-1)42-49-43(34-16-7-2-8-17-34)52-46(51-42)38-23-13-22-37(28-38)40-29-39(32-24-26-48-27-25-32)30-41(31-40)47-53-44(35-18-9-3-10-19-35)50-45(54-47)36-20-11-4-12-21-36/h1-31H. The molecule has 0 radical (unpaired) electrons. The first-order chi connectivity index (χ1) is 26.7. The lowest BCUT2D eigenvalue weighted by atomic mass is 9.95. The van der Waals surface area contributed by atoms with Crippen LogP contribution in [0, 0.1) is 0 Å². The van der Waals surface area contributed by atoms with E-state index in [0.29, 0.717) is 34.9 Å². The fraction of sp³-hybridized carbons (Fsp3) is 0. The van der Waals surface area contributed by atoms with E-state index in [0.717, 1.165) is 55.6 Å². The molecule has 0 bridgehead atoms. The van der Waals surface area contributed by atoms with Gasteiger partial charge in [-0.3, -0.25) is 4.98 Å². The van der Waals surface area contributed by atoms with E-state index in [1.54, 1.807) is 0 Å². The second-order valence-electron chi connectivity index (χ2n) is 12.7. The van der Waals surface area contributed by atoms with Gasteiger partial charge in [-0.1, -0.05) is 140 Å². The molecule has 9 rings (SSSR count). The van der Waals surface area contributed by atoms with Crippen LogP contribution in [0.4, 0.5) is 0 Å². The average molecular weight is 694 g/mol. The zero-order valence-electron chi connectivity index (χ0n) is 29.0. The number of rotatable bonds is 8. The Morgan fingerprint density at radius 1 is 0.204 bits per heavy atom. The molecule has 0 amide bonds. The first kappa shape index (κ1) is 32.4. The average Bonchev–Trinajstić information content (AvgIpc) is 3.27. The zero-order valence-corrected chi connectivity index (χ0v) is 29.0. The highest BCUT2D eigenvalue weighted by molar-refractivity contribution is 5.82. The fourth-order valence-corrected chi connectivity index (χ4v) is 6.35. The Morgan fingerprint density at radius 2 is 0.500 bits per heavy atom. The molecule has 0 aliphatic heterocycles. The van der Waals surface area contributed by atoms with E-state index >= 15 is 0 Å². The maximum Gasteiger partial charge on any atom is 0.164 e. The van der Waals surface area contributed by atoms with Gasteiger partial charge in [0.25, 0.3) is 0 Å². The summed E-state index contributed by atoms with van der Waals surface area (Å²) < 4.78 is 0. The van der Waals surface area contributed by atoms with E-state index in [1.165, 1.54) is 0 Å². The normalized spacial score (nSPS) is 11.0. The smallest absolute Gasteiger partial charge is 0.164 e. The van der Waals surface area contributed by atoms with E-state index in [2.05, 4.69) is 35.3 Å². The van der Waals surface area contributed by atoms with Crippen molar-refractivity contribution < 1.29 is 0 Å². The summed E-state index contributed by atoms with van der Waals surface area (Å²) in [6.07, 6.45) is 3.61. The monoisotopic (exact) mass is 693 g/mol. The molecule has 3 aromatic heterocycles. The maximum atomic E-state index is 5.05. The molecule has 0 aliphatic rings. The Hall–Kier alpha value is -7.51. The van der Waals surface area contributed by atoms with Crippen molar-refractivity contribution in [3.05, 3.63) is 188 Å². The molecule has 3 heterocycles. The van der Waals surface area contributed by atoms with Crippen LogP contribution in [-0.2, 0) is 0 Å². The number of pyridine rings is 1. The van der Waals surface area contributed by atoms with Gasteiger partial charge in [0, 0.05) is 45.8 Å². The van der Waals surface area contributed by atoms with Gasteiger partial charge in [0.15, 0.2) is 34.9 Å². The summed E-state index contributed by atoms with van der Waals surface area (Å²) in [4.78, 5) is 34.1. The van der Waals surface area contributed by atoms with Gasteiger partial charge in [-0.05, 0) is 58.7 Å². The maximum absolute atomic E-state index is 5.05. The minimum Gasteiger partial charge on any atom is -0.265 e. The van der Waals surface area contributed by atoms with Crippen LogP contribution in [0.15, 0.2) is 188 Å². The second-order valence-corrected chi connectivity index (χ2v) is 12.7. The second kappa shape index (κ2) is 14.6. The Labute approximate surface area is 312 Å². The fourth-order valence-electron chi connectivity index (χ4n) is 6.35. The molecule has 254 valence electrons. The highest BCUT2D eigenvalue weighted by Gasteiger charge is 2.17. The summed E-state index contributed by atoms with van der Waals surface area (Å²) >= 11 is 0. The van der Waals surface area contributed by atoms with Gasteiger partial charge < -0.3 is 0 Å². The summed E-state index contributed by atoms with van der Waals surface area (Å²) in [5.74, 6) is 3.61. The van der Waals surface area contributed by atoms with E-state index in [9.17, 15) is 0 Å². The van der Waals surface area contributed by atoms with E-state index in [1.807, 2.05) is 158 Å². The SMILES string of the molecule is c1ccc(-c2nc(-c3ccccc3)nc(-c3cccc(-c4cc(-c5ccncc5)cc(-c5nc(-c6ccccc6)nc(-c6ccccc6)n5)c4)c3)n2)cc1. The van der Waals surface area contributed by atoms with Gasteiger partial charge in [0.2, 0.25) is 0 Å².